The van der Waals surface area contributed by atoms with Gasteiger partial charge in [-0.05, 0) is 6.42 Å². The molecule has 0 N–H and O–H groups in total. The summed E-state index contributed by atoms with van der Waals surface area (Å²) in [4.78, 5) is 0. The summed E-state index contributed by atoms with van der Waals surface area (Å²) in [6.45, 7) is 4.05. The number of hydrogen-bond donors (Lipinski definition) is 0. The number of ether oxygens (including phenoxy) is 2. The van der Waals surface area contributed by atoms with E-state index < -0.39 is 0 Å². The van der Waals surface area contributed by atoms with Crippen LogP contribution >= 0.6 is 0 Å². The highest BCUT2D eigenvalue weighted by molar-refractivity contribution is 4.98. The molecule has 0 spiro atoms. The van der Waals surface area contributed by atoms with Gasteiger partial charge in [0.15, 0.2) is 0 Å². The first-order valence-corrected chi connectivity index (χ1v) is 4.38. The van der Waals surface area contributed by atoms with E-state index in [2.05, 4.69) is 17.2 Å². The molecule has 0 saturated heterocycles. The Kier molecular flexibility index (Phi) is 4.25. The molecule has 0 atom stereocenters. The maximum Gasteiger partial charge on any atom is 0.253 e. The Morgan fingerprint density at radius 1 is 1.46 bits per heavy atom. The Balaban J connectivity index is 2.31. The van der Waals surface area contributed by atoms with E-state index in [1.165, 1.54) is 0 Å². The lowest BCUT2D eigenvalue weighted by molar-refractivity contribution is 0.143. The van der Waals surface area contributed by atoms with Crippen LogP contribution in [0.25, 0.3) is 0 Å². The largest absolute Gasteiger partial charge is 0.473 e. The molecule has 0 aliphatic carbocycles. The van der Waals surface area contributed by atoms with Crippen LogP contribution in [0.15, 0.2) is 6.20 Å². The van der Waals surface area contributed by atoms with Crippen molar-refractivity contribution in [3.8, 4) is 5.88 Å². The van der Waals surface area contributed by atoms with Gasteiger partial charge in [0.2, 0.25) is 0 Å². The maximum atomic E-state index is 5.25. The second-order valence-corrected chi connectivity index (χ2v) is 2.66. The molecule has 0 saturated carbocycles. The van der Waals surface area contributed by atoms with E-state index >= 15 is 0 Å². The maximum absolute atomic E-state index is 5.25. The normalized spacial score (nSPS) is 10.3. The zero-order valence-corrected chi connectivity index (χ0v) is 8.06. The zero-order valence-electron chi connectivity index (χ0n) is 8.06. The summed E-state index contributed by atoms with van der Waals surface area (Å²) >= 11 is 0. The summed E-state index contributed by atoms with van der Waals surface area (Å²) in [5.41, 5.74) is 0. The summed E-state index contributed by atoms with van der Waals surface area (Å²) in [5.74, 6) is 0.561. The highest BCUT2D eigenvalue weighted by Gasteiger charge is 1.99. The zero-order chi connectivity index (χ0) is 9.52. The second-order valence-electron chi connectivity index (χ2n) is 2.66. The van der Waals surface area contributed by atoms with Gasteiger partial charge in [-0.1, -0.05) is 17.2 Å². The van der Waals surface area contributed by atoms with E-state index in [-0.39, 0.29) is 0 Å². The lowest BCUT2D eigenvalue weighted by atomic mass is 10.5. The van der Waals surface area contributed by atoms with Gasteiger partial charge in [0.25, 0.3) is 5.88 Å². The highest BCUT2D eigenvalue weighted by Crippen LogP contribution is 2.03. The molecule has 1 aromatic heterocycles. The van der Waals surface area contributed by atoms with Gasteiger partial charge < -0.3 is 9.47 Å². The van der Waals surface area contributed by atoms with Crippen LogP contribution in [-0.4, -0.2) is 35.3 Å². The van der Waals surface area contributed by atoms with Crippen LogP contribution in [0.4, 0.5) is 0 Å². The lowest BCUT2D eigenvalue weighted by Gasteiger charge is -1.99. The molecule has 0 radical (unpaired) electrons. The molecular weight excluding hydrogens is 170 g/mol. The molecule has 1 aromatic rings. The summed E-state index contributed by atoms with van der Waals surface area (Å²) in [7, 11) is 1.64. The molecule has 13 heavy (non-hydrogen) atoms. The van der Waals surface area contributed by atoms with E-state index in [1.807, 2.05) is 0 Å². The molecule has 1 heterocycles. The van der Waals surface area contributed by atoms with Gasteiger partial charge in [-0.2, -0.15) is 0 Å². The van der Waals surface area contributed by atoms with Crippen molar-refractivity contribution >= 4 is 0 Å². The first-order valence-electron chi connectivity index (χ1n) is 4.38. The van der Waals surface area contributed by atoms with Crippen LogP contribution < -0.4 is 4.74 Å². The van der Waals surface area contributed by atoms with Crippen molar-refractivity contribution in [2.45, 2.75) is 19.9 Å². The van der Waals surface area contributed by atoms with Crippen molar-refractivity contribution in [1.82, 2.24) is 15.0 Å². The quantitative estimate of drug-likeness (QED) is 0.612. The summed E-state index contributed by atoms with van der Waals surface area (Å²) in [5, 5.41) is 7.73. The fourth-order valence-corrected chi connectivity index (χ4v) is 0.915. The number of aryl methyl sites for hydroxylation is 1. The Morgan fingerprint density at radius 3 is 3.00 bits per heavy atom. The van der Waals surface area contributed by atoms with Gasteiger partial charge in [-0.3, -0.25) is 0 Å². The molecule has 5 heteroatoms. The van der Waals surface area contributed by atoms with E-state index in [1.54, 1.807) is 18.0 Å². The van der Waals surface area contributed by atoms with Crippen molar-refractivity contribution < 1.29 is 9.47 Å². The van der Waals surface area contributed by atoms with Crippen molar-refractivity contribution in [1.29, 1.82) is 0 Å². The van der Waals surface area contributed by atoms with Gasteiger partial charge in [0, 0.05) is 13.7 Å². The predicted octanol–water partition coefficient (Wildman–Crippen LogP) is 0.713. The Labute approximate surface area is 77.6 Å². The second kappa shape index (κ2) is 5.53. The number of hydrogen-bond acceptors (Lipinski definition) is 4. The average Bonchev–Trinajstić information content (AvgIpc) is 2.54. The minimum atomic E-state index is 0.515. The van der Waals surface area contributed by atoms with Gasteiger partial charge in [0.05, 0.1) is 12.8 Å². The molecule has 0 amide bonds. The number of nitrogens with zero attached hydrogens (tertiary/aromatic N) is 3. The van der Waals surface area contributed by atoms with Crippen LogP contribution in [0.1, 0.15) is 13.3 Å². The smallest absolute Gasteiger partial charge is 0.253 e. The van der Waals surface area contributed by atoms with Crippen LogP contribution in [0.3, 0.4) is 0 Å². The van der Waals surface area contributed by atoms with E-state index in [0.717, 1.165) is 13.0 Å². The van der Waals surface area contributed by atoms with Crippen LogP contribution in [0.5, 0.6) is 5.88 Å². The highest BCUT2D eigenvalue weighted by atomic mass is 16.5. The molecule has 0 aliphatic rings. The number of methoxy groups -OCH3 is 1. The first-order chi connectivity index (χ1) is 6.36. The van der Waals surface area contributed by atoms with Gasteiger partial charge in [-0.15, -0.1) is 0 Å². The molecule has 0 aromatic carbocycles. The molecule has 0 bridgehead atoms. The summed E-state index contributed by atoms with van der Waals surface area (Å²) in [6, 6.07) is 0. The Morgan fingerprint density at radius 2 is 2.31 bits per heavy atom. The minimum absolute atomic E-state index is 0.515. The van der Waals surface area contributed by atoms with Crippen molar-refractivity contribution in [2.75, 3.05) is 20.3 Å². The van der Waals surface area contributed by atoms with Crippen molar-refractivity contribution in [3.63, 3.8) is 0 Å². The van der Waals surface area contributed by atoms with Crippen molar-refractivity contribution in [3.05, 3.63) is 6.20 Å². The third kappa shape index (κ3) is 3.42. The van der Waals surface area contributed by atoms with Crippen LogP contribution in [0, 0.1) is 0 Å². The van der Waals surface area contributed by atoms with Gasteiger partial charge in [-0.25, -0.2) is 4.68 Å². The topological polar surface area (TPSA) is 49.2 Å². The van der Waals surface area contributed by atoms with E-state index in [4.69, 9.17) is 9.47 Å². The summed E-state index contributed by atoms with van der Waals surface area (Å²) < 4.78 is 11.9. The van der Waals surface area contributed by atoms with Crippen LogP contribution in [0.2, 0.25) is 0 Å². The molecule has 0 unspecified atom stereocenters. The Bertz CT molecular complexity index is 237. The molecule has 1 rings (SSSR count). The van der Waals surface area contributed by atoms with Crippen molar-refractivity contribution in [2.24, 2.45) is 0 Å². The third-order valence-electron chi connectivity index (χ3n) is 1.51. The monoisotopic (exact) mass is 185 g/mol. The molecular formula is C8H15N3O2. The first kappa shape index (κ1) is 9.98. The third-order valence-corrected chi connectivity index (χ3v) is 1.51. The van der Waals surface area contributed by atoms with Gasteiger partial charge >= 0.3 is 0 Å². The Hall–Kier alpha value is -1.10. The number of rotatable bonds is 6. The fraction of sp³-hybridized carbons (Fsp3) is 0.750. The molecule has 0 aliphatic heterocycles. The molecule has 74 valence electrons. The minimum Gasteiger partial charge on any atom is -0.473 e. The van der Waals surface area contributed by atoms with Gasteiger partial charge in [0.1, 0.15) is 6.61 Å². The lowest BCUT2D eigenvalue weighted by Crippen LogP contribution is -2.04. The number of aromatic nitrogens is 3. The predicted molar refractivity (Wildman–Crippen MR) is 47.7 cm³/mol. The fourth-order valence-electron chi connectivity index (χ4n) is 0.915. The molecule has 5 nitrogen and oxygen atoms in total. The van der Waals surface area contributed by atoms with E-state index in [0.29, 0.717) is 19.1 Å². The van der Waals surface area contributed by atoms with Crippen LogP contribution in [-0.2, 0) is 11.3 Å². The standard InChI is InChI=1S/C8H15N3O2/c1-3-4-11-7-8(9-10-11)13-6-5-12-2/h7H,3-6H2,1-2H3. The average molecular weight is 185 g/mol. The summed E-state index contributed by atoms with van der Waals surface area (Å²) in [6.07, 6.45) is 2.83. The SMILES string of the molecule is CCCn1cc(OCCOC)nn1. The molecule has 0 fully saturated rings. The van der Waals surface area contributed by atoms with E-state index in [9.17, 15) is 0 Å².